The number of nitrogens with zero attached hydrogens (tertiary/aromatic N) is 3. The lowest BCUT2D eigenvalue weighted by atomic mass is 10.3. The van der Waals surface area contributed by atoms with Gasteiger partial charge >= 0.3 is 0 Å². The van der Waals surface area contributed by atoms with Crippen LogP contribution < -0.4 is 16.6 Å². The number of aromatic nitrogens is 3. The van der Waals surface area contributed by atoms with Crippen molar-refractivity contribution in [1.29, 1.82) is 0 Å². The van der Waals surface area contributed by atoms with Gasteiger partial charge in [0.25, 0.3) is 0 Å². The lowest BCUT2D eigenvalue weighted by molar-refractivity contribution is 0.767. The Morgan fingerprint density at radius 1 is 1.33 bits per heavy atom. The van der Waals surface area contributed by atoms with Crippen LogP contribution in [-0.4, -0.2) is 14.8 Å². The second kappa shape index (κ2) is 5.43. The van der Waals surface area contributed by atoms with Gasteiger partial charge in [-0.15, -0.1) is 0 Å². The highest BCUT2D eigenvalue weighted by Crippen LogP contribution is 2.28. The Morgan fingerprint density at radius 2 is 2.06 bits per heavy atom. The molecule has 0 atom stereocenters. The van der Waals surface area contributed by atoms with Crippen molar-refractivity contribution in [1.82, 2.24) is 14.8 Å². The lowest BCUT2D eigenvalue weighted by Crippen LogP contribution is -2.11. The third-order valence-electron chi connectivity index (χ3n) is 2.28. The Balaban J connectivity index is 2.13. The molecule has 4 N–H and O–H groups in total. The molecule has 0 saturated heterocycles. The average molecular weight is 287 g/mol. The van der Waals surface area contributed by atoms with Crippen LogP contribution >= 0.6 is 23.2 Å². The van der Waals surface area contributed by atoms with E-state index in [2.05, 4.69) is 20.8 Å². The smallest absolute Gasteiger partial charge is 0.161 e. The quantitative estimate of drug-likeness (QED) is 0.592. The highest BCUT2D eigenvalue weighted by Gasteiger charge is 2.08. The van der Waals surface area contributed by atoms with Crippen LogP contribution in [0.25, 0.3) is 0 Å². The van der Waals surface area contributed by atoms with Crippen molar-refractivity contribution >= 4 is 34.8 Å². The molecule has 2 heterocycles. The van der Waals surface area contributed by atoms with Crippen molar-refractivity contribution in [2.24, 2.45) is 12.9 Å². The molecule has 0 amide bonds. The fourth-order valence-corrected chi connectivity index (χ4v) is 1.92. The van der Waals surface area contributed by atoms with Gasteiger partial charge in [0.05, 0.1) is 16.2 Å². The van der Waals surface area contributed by atoms with Crippen LogP contribution in [-0.2, 0) is 13.6 Å². The van der Waals surface area contributed by atoms with Gasteiger partial charge in [-0.05, 0) is 6.07 Å². The number of hydrogen-bond acceptors (Lipinski definition) is 5. The van der Waals surface area contributed by atoms with E-state index in [0.29, 0.717) is 28.2 Å². The van der Waals surface area contributed by atoms with Gasteiger partial charge in [0.2, 0.25) is 0 Å². The van der Waals surface area contributed by atoms with Gasteiger partial charge in [0.1, 0.15) is 5.82 Å². The van der Waals surface area contributed by atoms with Crippen LogP contribution in [0.5, 0.6) is 0 Å². The third-order valence-corrected chi connectivity index (χ3v) is 2.86. The minimum absolute atomic E-state index is 0.370. The molecule has 0 radical (unpaired) electrons. The number of hydrazine groups is 1. The van der Waals surface area contributed by atoms with E-state index in [1.54, 1.807) is 16.9 Å². The molecule has 2 rings (SSSR count). The van der Waals surface area contributed by atoms with E-state index in [-0.39, 0.29) is 0 Å². The van der Waals surface area contributed by atoms with E-state index in [0.717, 1.165) is 5.56 Å². The largest absolute Gasteiger partial charge is 0.365 e. The first-order valence-electron chi connectivity index (χ1n) is 5.14. The second-order valence-electron chi connectivity index (χ2n) is 3.67. The normalized spacial score (nSPS) is 10.4. The highest BCUT2D eigenvalue weighted by molar-refractivity contribution is 6.37. The van der Waals surface area contributed by atoms with Gasteiger partial charge in [-0.25, -0.2) is 10.8 Å². The average Bonchev–Trinajstić information content (AvgIpc) is 2.74. The summed E-state index contributed by atoms with van der Waals surface area (Å²) in [6.45, 7) is 0.562. The van der Waals surface area contributed by atoms with E-state index in [1.807, 2.05) is 13.2 Å². The summed E-state index contributed by atoms with van der Waals surface area (Å²) in [6.07, 6.45) is 3.66. The van der Waals surface area contributed by atoms with Gasteiger partial charge in [-0.1, -0.05) is 23.2 Å². The minimum Gasteiger partial charge on any atom is -0.365 e. The Labute approximate surface area is 114 Å². The molecule has 0 fully saturated rings. The standard InChI is InChI=1S/C10H12Cl2N6/c1-18-5-6(4-15-18)3-14-9-7(11)2-8(12)10(16-9)17-13/h2,4-5H,3,13H2,1H3,(H2,14,16,17). The summed E-state index contributed by atoms with van der Waals surface area (Å²) in [4.78, 5) is 4.17. The van der Waals surface area contributed by atoms with Crippen LogP contribution in [0.15, 0.2) is 18.5 Å². The lowest BCUT2D eigenvalue weighted by Gasteiger charge is -2.09. The van der Waals surface area contributed by atoms with Crippen LogP contribution in [0.4, 0.5) is 11.6 Å². The van der Waals surface area contributed by atoms with E-state index in [4.69, 9.17) is 29.0 Å². The number of anilines is 2. The number of nitrogens with two attached hydrogens (primary N) is 1. The Bertz CT molecular complexity index is 553. The maximum atomic E-state index is 6.03. The monoisotopic (exact) mass is 286 g/mol. The van der Waals surface area contributed by atoms with Crippen molar-refractivity contribution < 1.29 is 0 Å². The number of pyridine rings is 1. The van der Waals surface area contributed by atoms with Gasteiger partial charge < -0.3 is 10.7 Å². The van der Waals surface area contributed by atoms with E-state index >= 15 is 0 Å². The zero-order valence-corrected chi connectivity index (χ0v) is 11.1. The third kappa shape index (κ3) is 2.84. The summed E-state index contributed by atoms with van der Waals surface area (Å²) in [6, 6.07) is 1.58. The summed E-state index contributed by atoms with van der Waals surface area (Å²) < 4.78 is 1.72. The molecule has 2 aromatic rings. The first-order chi connectivity index (χ1) is 8.60. The number of nitrogens with one attached hydrogen (secondary N) is 2. The maximum absolute atomic E-state index is 6.03. The summed E-state index contributed by atoms with van der Waals surface area (Å²) in [5.41, 5.74) is 3.43. The molecule has 0 spiro atoms. The van der Waals surface area contributed by atoms with Gasteiger partial charge in [0, 0.05) is 25.4 Å². The molecule has 0 bridgehead atoms. The summed E-state index contributed by atoms with van der Waals surface area (Å²) in [5.74, 6) is 6.18. The molecule has 2 aromatic heterocycles. The van der Waals surface area contributed by atoms with E-state index in [1.165, 1.54) is 0 Å². The van der Waals surface area contributed by atoms with Gasteiger partial charge in [0.15, 0.2) is 5.82 Å². The fraction of sp³-hybridized carbons (Fsp3) is 0.200. The first kappa shape index (κ1) is 12.9. The highest BCUT2D eigenvalue weighted by atomic mass is 35.5. The molecule has 0 aliphatic heterocycles. The van der Waals surface area contributed by atoms with Crippen LogP contribution in [0.3, 0.4) is 0 Å². The zero-order valence-electron chi connectivity index (χ0n) is 9.61. The van der Waals surface area contributed by atoms with Crippen molar-refractivity contribution in [3.05, 3.63) is 34.1 Å². The zero-order chi connectivity index (χ0) is 13.1. The molecule has 6 nitrogen and oxygen atoms in total. The summed E-state index contributed by atoms with van der Waals surface area (Å²) >= 11 is 11.9. The molecule has 0 unspecified atom stereocenters. The number of aryl methyl sites for hydroxylation is 1. The number of hydrogen-bond donors (Lipinski definition) is 3. The van der Waals surface area contributed by atoms with Gasteiger partial charge in [-0.3, -0.25) is 4.68 Å². The number of nitrogen functional groups attached to an aromatic ring is 1. The first-order valence-corrected chi connectivity index (χ1v) is 5.90. The van der Waals surface area contributed by atoms with E-state index < -0.39 is 0 Å². The topological polar surface area (TPSA) is 80.8 Å². The Kier molecular flexibility index (Phi) is 3.90. The molecule has 0 aliphatic carbocycles. The van der Waals surface area contributed by atoms with Crippen LogP contribution in [0.2, 0.25) is 10.0 Å². The van der Waals surface area contributed by atoms with Crippen molar-refractivity contribution in [3.63, 3.8) is 0 Å². The van der Waals surface area contributed by atoms with Crippen LogP contribution in [0.1, 0.15) is 5.56 Å². The fourth-order valence-electron chi connectivity index (χ4n) is 1.44. The number of rotatable bonds is 4. The minimum atomic E-state index is 0.370. The van der Waals surface area contributed by atoms with Crippen molar-refractivity contribution in [3.8, 4) is 0 Å². The molecule has 96 valence electrons. The molecular formula is C10H12Cl2N6. The number of halogens is 2. The SMILES string of the molecule is Cn1cc(CNc2nc(NN)c(Cl)cc2Cl)cn1. The molecular weight excluding hydrogens is 275 g/mol. The maximum Gasteiger partial charge on any atom is 0.161 e. The van der Waals surface area contributed by atoms with Crippen LogP contribution in [0, 0.1) is 0 Å². The molecule has 0 aliphatic rings. The molecule has 8 heteroatoms. The predicted octanol–water partition coefficient (Wildman–Crippen LogP) is 2.02. The molecule has 18 heavy (non-hydrogen) atoms. The second-order valence-corrected chi connectivity index (χ2v) is 4.48. The van der Waals surface area contributed by atoms with Crippen molar-refractivity contribution in [2.75, 3.05) is 10.7 Å². The predicted molar refractivity (Wildman–Crippen MR) is 72.6 cm³/mol. The summed E-state index contributed by atoms with van der Waals surface area (Å²) in [5, 5.41) is 7.97. The summed E-state index contributed by atoms with van der Waals surface area (Å²) in [7, 11) is 1.85. The van der Waals surface area contributed by atoms with Gasteiger partial charge in [-0.2, -0.15) is 5.10 Å². The van der Waals surface area contributed by atoms with E-state index in [9.17, 15) is 0 Å². The Hall–Kier alpha value is -1.50. The van der Waals surface area contributed by atoms with Crippen molar-refractivity contribution in [2.45, 2.75) is 6.54 Å². The molecule has 0 saturated carbocycles. The Morgan fingerprint density at radius 3 is 2.67 bits per heavy atom. The molecule has 0 aromatic carbocycles.